The topological polar surface area (TPSA) is 105 Å². The van der Waals surface area contributed by atoms with Crippen molar-refractivity contribution in [2.24, 2.45) is 4.99 Å². The summed E-state index contributed by atoms with van der Waals surface area (Å²) in [5, 5.41) is 2.93. The fourth-order valence-corrected chi connectivity index (χ4v) is 8.63. The van der Waals surface area contributed by atoms with Gasteiger partial charge in [0.05, 0.1) is 17.5 Å². The first kappa shape index (κ1) is 28.2. The van der Waals surface area contributed by atoms with E-state index in [9.17, 15) is 18.0 Å². The summed E-state index contributed by atoms with van der Waals surface area (Å²) in [7, 11) is -3.20. The van der Waals surface area contributed by atoms with Crippen LogP contribution in [0.1, 0.15) is 51.7 Å². The van der Waals surface area contributed by atoms with Gasteiger partial charge in [-0.05, 0) is 43.9 Å². The smallest absolute Gasteiger partial charge is 0.408 e. The standard InChI is InChI=1S/C28H35N3O5S2/c1-18(2)20-13-9-10-14-22(20)31-23-16-38(34,35)17-24(23)37-26(31)30-25(32)21(15-19-11-7-6-8-12-19)29-27(33)36-28(3,4)5/h6-14,18,21,23-24H,15-17H2,1-5H3,(H,29,33)/t21-,23+,24-/m0/s1. The molecule has 1 N–H and O–H groups in total. The Bertz CT molecular complexity index is 1320. The molecule has 0 saturated carbocycles. The van der Waals surface area contributed by atoms with Crippen LogP contribution in [-0.2, 0) is 25.8 Å². The van der Waals surface area contributed by atoms with Crippen LogP contribution in [0.15, 0.2) is 59.6 Å². The van der Waals surface area contributed by atoms with Crippen LogP contribution in [0.3, 0.4) is 0 Å². The third-order valence-electron chi connectivity index (χ3n) is 6.36. The van der Waals surface area contributed by atoms with E-state index in [0.29, 0.717) is 5.17 Å². The van der Waals surface area contributed by atoms with E-state index in [-0.39, 0.29) is 35.1 Å². The summed E-state index contributed by atoms with van der Waals surface area (Å²) >= 11 is 1.32. The minimum atomic E-state index is -3.20. The number of hydrogen-bond acceptors (Lipinski definition) is 6. The molecule has 2 aliphatic rings. The molecule has 0 spiro atoms. The number of anilines is 1. The van der Waals surface area contributed by atoms with Crippen LogP contribution in [0.5, 0.6) is 0 Å². The number of sulfone groups is 1. The van der Waals surface area contributed by atoms with E-state index in [4.69, 9.17) is 4.74 Å². The van der Waals surface area contributed by atoms with Gasteiger partial charge in [0.1, 0.15) is 11.6 Å². The van der Waals surface area contributed by atoms with Crippen molar-refractivity contribution in [3.63, 3.8) is 0 Å². The number of carbonyl (C=O) groups excluding carboxylic acids is 2. The fourth-order valence-electron chi connectivity index (χ4n) is 4.71. The molecule has 0 aromatic heterocycles. The number of carbonyl (C=O) groups is 2. The van der Waals surface area contributed by atoms with E-state index in [1.165, 1.54) is 11.8 Å². The van der Waals surface area contributed by atoms with Gasteiger partial charge in [-0.25, -0.2) is 13.2 Å². The number of alkyl carbamates (subject to hydrolysis) is 1. The largest absolute Gasteiger partial charge is 0.444 e. The first-order valence-corrected chi connectivity index (χ1v) is 15.4. The number of ether oxygens (including phenoxy) is 1. The van der Waals surface area contributed by atoms with Gasteiger partial charge in [0, 0.05) is 17.4 Å². The molecule has 8 nitrogen and oxygen atoms in total. The minimum Gasteiger partial charge on any atom is -0.444 e. The molecule has 0 radical (unpaired) electrons. The quantitative estimate of drug-likeness (QED) is 0.556. The maximum atomic E-state index is 13.6. The monoisotopic (exact) mass is 557 g/mol. The summed E-state index contributed by atoms with van der Waals surface area (Å²) in [5.41, 5.74) is 2.04. The van der Waals surface area contributed by atoms with E-state index in [0.717, 1.165) is 16.8 Å². The molecule has 4 rings (SSSR count). The second kappa shape index (κ2) is 11.1. The average molecular weight is 558 g/mol. The number of nitrogens with zero attached hydrogens (tertiary/aromatic N) is 2. The first-order chi connectivity index (χ1) is 17.8. The molecule has 2 aromatic rings. The van der Waals surface area contributed by atoms with Crippen molar-refractivity contribution in [1.29, 1.82) is 0 Å². The van der Waals surface area contributed by atoms with E-state index in [1.807, 2.05) is 59.5 Å². The third kappa shape index (κ3) is 6.77. The molecule has 2 heterocycles. The Morgan fingerprint density at radius 3 is 2.39 bits per heavy atom. The Morgan fingerprint density at radius 2 is 1.74 bits per heavy atom. The van der Waals surface area contributed by atoms with Crippen LogP contribution in [0.2, 0.25) is 0 Å². The maximum absolute atomic E-state index is 13.6. The van der Waals surface area contributed by atoms with E-state index >= 15 is 0 Å². The van der Waals surface area contributed by atoms with Crippen molar-refractivity contribution in [3.8, 4) is 0 Å². The molecule has 10 heteroatoms. The number of thioether (sulfide) groups is 1. The second-order valence-corrected chi connectivity index (χ2v) is 14.4. The van der Waals surface area contributed by atoms with Crippen LogP contribution in [0, 0.1) is 0 Å². The lowest BCUT2D eigenvalue weighted by molar-refractivity contribution is -0.119. The summed E-state index contributed by atoms with van der Waals surface area (Å²) in [6.07, 6.45) is -0.458. The number of amides is 2. The number of aliphatic imine (C=N–C) groups is 1. The lowest BCUT2D eigenvalue weighted by Crippen LogP contribution is -2.45. The Morgan fingerprint density at radius 1 is 1.08 bits per heavy atom. The molecule has 2 aliphatic heterocycles. The van der Waals surface area contributed by atoms with Crippen molar-refractivity contribution in [2.45, 2.75) is 69.9 Å². The van der Waals surface area contributed by atoms with Gasteiger partial charge in [0.25, 0.3) is 5.91 Å². The molecule has 2 saturated heterocycles. The van der Waals surface area contributed by atoms with Crippen LogP contribution >= 0.6 is 11.8 Å². The Hall–Kier alpha value is -2.85. The molecule has 0 aliphatic carbocycles. The highest BCUT2D eigenvalue weighted by atomic mass is 32.2. The first-order valence-electron chi connectivity index (χ1n) is 12.7. The van der Waals surface area contributed by atoms with Crippen molar-refractivity contribution >= 4 is 44.5 Å². The van der Waals surface area contributed by atoms with E-state index in [1.54, 1.807) is 20.8 Å². The molecular formula is C28H35N3O5S2. The van der Waals surface area contributed by atoms with Gasteiger partial charge in [0.15, 0.2) is 15.0 Å². The number of nitrogens with one attached hydrogen (secondary N) is 1. The highest BCUT2D eigenvalue weighted by Crippen LogP contribution is 2.43. The zero-order valence-corrected chi connectivity index (χ0v) is 24.0. The Kier molecular flexibility index (Phi) is 8.23. The number of hydrogen-bond donors (Lipinski definition) is 1. The van der Waals surface area contributed by atoms with Gasteiger partial charge < -0.3 is 15.0 Å². The van der Waals surface area contributed by atoms with E-state index in [2.05, 4.69) is 24.2 Å². The summed E-state index contributed by atoms with van der Waals surface area (Å²) < 4.78 is 30.4. The fraction of sp³-hybridized carbons (Fsp3) is 0.464. The number of rotatable bonds is 6. The molecule has 38 heavy (non-hydrogen) atoms. The molecule has 0 bridgehead atoms. The van der Waals surface area contributed by atoms with Crippen LogP contribution in [0.4, 0.5) is 10.5 Å². The van der Waals surface area contributed by atoms with Crippen LogP contribution in [-0.4, -0.2) is 60.0 Å². The van der Waals surface area contributed by atoms with Crippen molar-refractivity contribution in [2.75, 3.05) is 16.4 Å². The van der Waals surface area contributed by atoms with Crippen LogP contribution < -0.4 is 10.2 Å². The van der Waals surface area contributed by atoms with Crippen molar-refractivity contribution in [3.05, 3.63) is 65.7 Å². The number of fused-ring (bicyclic) bond motifs is 1. The highest BCUT2D eigenvalue weighted by Gasteiger charge is 2.50. The number of amidine groups is 1. The molecule has 2 aromatic carbocycles. The average Bonchev–Trinajstić information content (AvgIpc) is 3.28. The third-order valence-corrected chi connectivity index (χ3v) is 9.57. The molecule has 2 amide bonds. The lowest BCUT2D eigenvalue weighted by Gasteiger charge is -2.28. The van der Waals surface area contributed by atoms with Crippen molar-refractivity contribution < 1.29 is 22.7 Å². The lowest BCUT2D eigenvalue weighted by atomic mass is 9.99. The summed E-state index contributed by atoms with van der Waals surface area (Å²) in [4.78, 5) is 32.7. The maximum Gasteiger partial charge on any atom is 0.408 e. The highest BCUT2D eigenvalue weighted by molar-refractivity contribution is 8.16. The van der Waals surface area contributed by atoms with Crippen molar-refractivity contribution in [1.82, 2.24) is 5.32 Å². The van der Waals surface area contributed by atoms with E-state index < -0.39 is 33.5 Å². The van der Waals surface area contributed by atoms with Gasteiger partial charge in [0.2, 0.25) is 0 Å². The predicted molar refractivity (Wildman–Crippen MR) is 153 cm³/mol. The molecule has 2 fully saturated rings. The number of benzene rings is 2. The Balaban J connectivity index is 1.69. The molecule has 0 unspecified atom stereocenters. The number of para-hydroxylation sites is 1. The van der Waals surface area contributed by atoms with Crippen LogP contribution in [0.25, 0.3) is 0 Å². The Labute approximate surface area is 229 Å². The minimum absolute atomic E-state index is 0.00785. The van der Waals surface area contributed by atoms with Gasteiger partial charge >= 0.3 is 6.09 Å². The zero-order valence-electron chi connectivity index (χ0n) is 22.4. The zero-order chi connectivity index (χ0) is 27.7. The molecule has 204 valence electrons. The summed E-state index contributed by atoms with van der Waals surface area (Å²) in [6.45, 7) is 9.42. The molecule has 3 atom stereocenters. The second-order valence-electron chi connectivity index (χ2n) is 11.0. The molecular weight excluding hydrogens is 522 g/mol. The summed E-state index contributed by atoms with van der Waals surface area (Å²) in [6, 6.07) is 15.9. The van der Waals surface area contributed by atoms with Gasteiger partial charge in [-0.15, -0.1) is 0 Å². The predicted octanol–water partition coefficient (Wildman–Crippen LogP) is 4.55. The van der Waals surface area contributed by atoms with Gasteiger partial charge in [-0.3, -0.25) is 4.79 Å². The SMILES string of the molecule is CC(C)c1ccccc1N1C(=NC(=O)[C@H](Cc2ccccc2)NC(=O)OC(C)(C)C)S[C@H]2CS(=O)(=O)C[C@H]21. The van der Waals surface area contributed by atoms with Gasteiger partial charge in [-0.1, -0.05) is 74.1 Å². The normalized spacial score (nSPS) is 22.4. The van der Waals surface area contributed by atoms with Gasteiger partial charge in [-0.2, -0.15) is 4.99 Å². The summed E-state index contributed by atoms with van der Waals surface area (Å²) in [5.74, 6) is -0.283.